The average Bonchev–Trinajstić information content (AvgIpc) is 2.39. The van der Waals surface area contributed by atoms with Crippen molar-refractivity contribution in [2.75, 3.05) is 12.4 Å². The van der Waals surface area contributed by atoms with Gasteiger partial charge >= 0.3 is 5.97 Å². The van der Waals surface area contributed by atoms with Crippen molar-refractivity contribution in [2.24, 2.45) is 0 Å². The Kier molecular flexibility index (Phi) is 3.10. The highest BCUT2D eigenvalue weighted by Crippen LogP contribution is 2.23. The molecule has 17 heavy (non-hydrogen) atoms. The van der Waals surface area contributed by atoms with Crippen molar-refractivity contribution in [3.63, 3.8) is 0 Å². The fourth-order valence-electron chi connectivity index (χ4n) is 1.69. The molecule has 0 spiro atoms. The van der Waals surface area contributed by atoms with E-state index in [4.69, 9.17) is 5.11 Å². The van der Waals surface area contributed by atoms with Crippen LogP contribution in [0, 0.1) is 0 Å². The Labute approximate surface area is 99.7 Å². The number of rotatable bonds is 3. The molecule has 0 aromatic heterocycles. The summed E-state index contributed by atoms with van der Waals surface area (Å²) >= 11 is 0. The van der Waals surface area contributed by atoms with E-state index in [2.05, 4.69) is 5.32 Å². The molecule has 2 aromatic carbocycles. The summed E-state index contributed by atoms with van der Waals surface area (Å²) in [7, 11) is 1.85. The fourth-order valence-corrected chi connectivity index (χ4v) is 1.69. The van der Waals surface area contributed by atoms with Gasteiger partial charge in [-0.1, -0.05) is 24.3 Å². The number of hydrogen-bond donors (Lipinski definition) is 2. The van der Waals surface area contributed by atoms with Gasteiger partial charge in [-0.3, -0.25) is 0 Å². The van der Waals surface area contributed by atoms with Crippen molar-refractivity contribution in [3.05, 3.63) is 54.1 Å². The molecule has 3 heteroatoms. The minimum atomic E-state index is -0.906. The second-order valence-corrected chi connectivity index (χ2v) is 3.72. The summed E-state index contributed by atoms with van der Waals surface area (Å²) in [5, 5.41) is 12.0. The highest BCUT2D eigenvalue weighted by molar-refractivity contribution is 5.89. The monoisotopic (exact) mass is 227 g/mol. The summed E-state index contributed by atoms with van der Waals surface area (Å²) in [5.41, 5.74) is 3.21. The lowest BCUT2D eigenvalue weighted by Crippen LogP contribution is -1.95. The van der Waals surface area contributed by atoms with Crippen molar-refractivity contribution in [1.29, 1.82) is 0 Å². The second-order valence-electron chi connectivity index (χ2n) is 3.72. The third kappa shape index (κ3) is 2.45. The molecule has 0 fully saturated rings. The first-order valence-electron chi connectivity index (χ1n) is 5.32. The van der Waals surface area contributed by atoms with Gasteiger partial charge in [-0.25, -0.2) is 4.79 Å². The minimum absolute atomic E-state index is 0.303. The van der Waals surface area contributed by atoms with Crippen molar-refractivity contribution >= 4 is 11.7 Å². The van der Waals surface area contributed by atoms with E-state index in [1.54, 1.807) is 18.2 Å². The third-order valence-electron chi connectivity index (χ3n) is 2.59. The first-order valence-corrected chi connectivity index (χ1v) is 5.32. The molecule has 86 valence electrons. The third-order valence-corrected chi connectivity index (χ3v) is 2.59. The van der Waals surface area contributed by atoms with Crippen LogP contribution in [0.4, 0.5) is 5.69 Å². The average molecular weight is 227 g/mol. The molecule has 0 aliphatic rings. The first kappa shape index (κ1) is 11.2. The van der Waals surface area contributed by atoms with E-state index in [0.717, 1.165) is 16.8 Å². The molecular weight excluding hydrogens is 214 g/mol. The van der Waals surface area contributed by atoms with Crippen LogP contribution in [-0.4, -0.2) is 18.1 Å². The van der Waals surface area contributed by atoms with E-state index in [0.29, 0.717) is 5.56 Å². The van der Waals surface area contributed by atoms with Gasteiger partial charge in [0.25, 0.3) is 0 Å². The summed E-state index contributed by atoms with van der Waals surface area (Å²) in [4.78, 5) is 10.9. The van der Waals surface area contributed by atoms with Crippen molar-refractivity contribution in [1.82, 2.24) is 0 Å². The molecule has 0 atom stereocenters. The van der Waals surface area contributed by atoms with Crippen LogP contribution >= 0.6 is 0 Å². The molecule has 0 heterocycles. The van der Waals surface area contributed by atoms with Crippen LogP contribution in [0.1, 0.15) is 10.4 Å². The molecule has 0 bridgehead atoms. The molecule has 0 saturated heterocycles. The van der Waals surface area contributed by atoms with E-state index in [9.17, 15) is 4.79 Å². The van der Waals surface area contributed by atoms with Gasteiger partial charge in [-0.2, -0.15) is 0 Å². The van der Waals surface area contributed by atoms with Gasteiger partial charge in [0.15, 0.2) is 0 Å². The molecular formula is C14H13NO2. The van der Waals surface area contributed by atoms with Crippen molar-refractivity contribution < 1.29 is 9.90 Å². The van der Waals surface area contributed by atoms with E-state index in [-0.39, 0.29) is 0 Å². The Morgan fingerprint density at radius 2 is 1.71 bits per heavy atom. The summed E-state index contributed by atoms with van der Waals surface area (Å²) in [5.74, 6) is -0.906. The number of hydrogen-bond acceptors (Lipinski definition) is 2. The Hall–Kier alpha value is -2.29. The summed E-state index contributed by atoms with van der Waals surface area (Å²) < 4.78 is 0. The summed E-state index contributed by atoms with van der Waals surface area (Å²) in [6.45, 7) is 0. The zero-order valence-corrected chi connectivity index (χ0v) is 9.47. The smallest absolute Gasteiger partial charge is 0.335 e. The van der Waals surface area contributed by atoms with Gasteiger partial charge in [-0.15, -0.1) is 0 Å². The largest absolute Gasteiger partial charge is 0.478 e. The number of anilines is 1. The highest BCUT2D eigenvalue weighted by atomic mass is 16.4. The van der Waals surface area contributed by atoms with Gasteiger partial charge in [0.2, 0.25) is 0 Å². The molecule has 2 rings (SSSR count). The zero-order chi connectivity index (χ0) is 12.3. The van der Waals surface area contributed by atoms with Gasteiger partial charge in [0.1, 0.15) is 0 Å². The number of benzene rings is 2. The van der Waals surface area contributed by atoms with Crippen molar-refractivity contribution in [2.45, 2.75) is 0 Å². The fraction of sp³-hybridized carbons (Fsp3) is 0.0714. The lowest BCUT2D eigenvalue weighted by atomic mass is 10.0. The quantitative estimate of drug-likeness (QED) is 0.847. The van der Waals surface area contributed by atoms with Crippen LogP contribution in [0.2, 0.25) is 0 Å². The van der Waals surface area contributed by atoms with E-state index >= 15 is 0 Å². The minimum Gasteiger partial charge on any atom is -0.478 e. The molecule has 3 nitrogen and oxygen atoms in total. The predicted octanol–water partition coefficient (Wildman–Crippen LogP) is 3.09. The molecule has 2 aromatic rings. The van der Waals surface area contributed by atoms with Gasteiger partial charge in [-0.05, 0) is 35.4 Å². The SMILES string of the molecule is CNc1cccc(-c2cccc(C(=O)O)c2)c1. The lowest BCUT2D eigenvalue weighted by molar-refractivity contribution is 0.0697. The van der Waals surface area contributed by atoms with Gasteiger partial charge in [0, 0.05) is 12.7 Å². The Bertz CT molecular complexity index is 549. The van der Waals surface area contributed by atoms with E-state index in [1.165, 1.54) is 0 Å². The normalized spacial score (nSPS) is 9.94. The van der Waals surface area contributed by atoms with E-state index < -0.39 is 5.97 Å². The van der Waals surface area contributed by atoms with Crippen LogP contribution in [0.25, 0.3) is 11.1 Å². The summed E-state index contributed by atoms with van der Waals surface area (Å²) in [6.07, 6.45) is 0. The first-order chi connectivity index (χ1) is 8.20. The van der Waals surface area contributed by atoms with Gasteiger partial charge < -0.3 is 10.4 Å². The molecule has 0 saturated carbocycles. The molecule has 0 radical (unpaired) electrons. The van der Waals surface area contributed by atoms with E-state index in [1.807, 2.05) is 37.4 Å². The van der Waals surface area contributed by atoms with Crippen LogP contribution in [0.15, 0.2) is 48.5 Å². The number of carbonyl (C=O) groups is 1. The standard InChI is InChI=1S/C14H13NO2/c1-15-13-7-3-5-11(9-13)10-4-2-6-12(8-10)14(16)17/h2-9,15H,1H3,(H,16,17). The van der Waals surface area contributed by atoms with Crippen LogP contribution in [0.5, 0.6) is 0 Å². The van der Waals surface area contributed by atoms with Crippen LogP contribution < -0.4 is 5.32 Å². The Morgan fingerprint density at radius 1 is 1.06 bits per heavy atom. The second kappa shape index (κ2) is 4.70. The van der Waals surface area contributed by atoms with Crippen LogP contribution in [0.3, 0.4) is 0 Å². The predicted molar refractivity (Wildman–Crippen MR) is 68.4 cm³/mol. The molecule has 2 N–H and O–H groups in total. The maximum atomic E-state index is 10.9. The Morgan fingerprint density at radius 3 is 2.35 bits per heavy atom. The zero-order valence-electron chi connectivity index (χ0n) is 9.47. The summed E-state index contributed by atoms with van der Waals surface area (Å²) in [6, 6.07) is 14.8. The van der Waals surface area contributed by atoms with Gasteiger partial charge in [0.05, 0.1) is 5.56 Å². The maximum Gasteiger partial charge on any atom is 0.335 e. The lowest BCUT2D eigenvalue weighted by Gasteiger charge is -2.05. The van der Waals surface area contributed by atoms with Crippen molar-refractivity contribution in [3.8, 4) is 11.1 Å². The molecule has 0 aliphatic heterocycles. The number of carboxylic acid groups (broad SMARTS) is 1. The molecule has 0 aliphatic carbocycles. The Balaban J connectivity index is 2.45. The van der Waals surface area contributed by atoms with Crippen LogP contribution in [-0.2, 0) is 0 Å². The maximum absolute atomic E-state index is 10.9. The molecule has 0 amide bonds. The molecule has 0 unspecified atom stereocenters. The topological polar surface area (TPSA) is 49.3 Å². The number of aromatic carboxylic acids is 1. The highest BCUT2D eigenvalue weighted by Gasteiger charge is 2.04. The number of nitrogens with one attached hydrogen (secondary N) is 1. The number of carboxylic acids is 1.